The number of amides is 1. The Labute approximate surface area is 164 Å². The molecule has 0 unspecified atom stereocenters. The van der Waals surface area contributed by atoms with E-state index in [-0.39, 0.29) is 11.7 Å². The summed E-state index contributed by atoms with van der Waals surface area (Å²) in [6, 6.07) is 10.0. The zero-order chi connectivity index (χ0) is 20.1. The first-order valence-corrected chi connectivity index (χ1v) is 9.12. The standard InChI is InChI=1S/C21H25FN2O4/c1-26-18-8-7-17(19(27-2)20(18)28-3)21(25)24-11-9-23(10-12-24)14-15-5-4-6-16(22)13-15/h4-8,13H,9-12,14H2,1-3H3. The summed E-state index contributed by atoms with van der Waals surface area (Å²) >= 11 is 0. The molecule has 0 atom stereocenters. The second-order valence-corrected chi connectivity index (χ2v) is 6.58. The van der Waals surface area contributed by atoms with E-state index in [1.807, 2.05) is 6.07 Å². The molecule has 0 aromatic heterocycles. The van der Waals surface area contributed by atoms with E-state index >= 15 is 0 Å². The lowest BCUT2D eigenvalue weighted by molar-refractivity contribution is 0.0624. The van der Waals surface area contributed by atoms with Crippen molar-refractivity contribution < 1.29 is 23.4 Å². The van der Waals surface area contributed by atoms with Crippen LogP contribution in [0.5, 0.6) is 17.2 Å². The number of methoxy groups -OCH3 is 3. The lowest BCUT2D eigenvalue weighted by Gasteiger charge is -2.35. The fourth-order valence-electron chi connectivity index (χ4n) is 3.44. The summed E-state index contributed by atoms with van der Waals surface area (Å²) in [7, 11) is 4.56. The molecule has 0 radical (unpaired) electrons. The predicted octanol–water partition coefficient (Wildman–Crippen LogP) is 2.81. The maximum absolute atomic E-state index is 13.4. The second-order valence-electron chi connectivity index (χ2n) is 6.58. The summed E-state index contributed by atoms with van der Waals surface area (Å²) in [5, 5.41) is 0. The number of piperazine rings is 1. The molecule has 1 fully saturated rings. The number of benzene rings is 2. The molecule has 1 aliphatic rings. The Kier molecular flexibility index (Phi) is 6.36. The van der Waals surface area contributed by atoms with Gasteiger partial charge in [0.2, 0.25) is 5.75 Å². The van der Waals surface area contributed by atoms with Gasteiger partial charge >= 0.3 is 0 Å². The maximum atomic E-state index is 13.4. The first-order valence-electron chi connectivity index (χ1n) is 9.12. The molecule has 1 heterocycles. The van der Waals surface area contributed by atoms with Gasteiger partial charge < -0.3 is 19.1 Å². The number of hydrogen-bond acceptors (Lipinski definition) is 5. The number of nitrogens with zero attached hydrogens (tertiary/aromatic N) is 2. The smallest absolute Gasteiger partial charge is 0.257 e. The van der Waals surface area contributed by atoms with E-state index in [0.29, 0.717) is 42.4 Å². The molecule has 2 aromatic rings. The van der Waals surface area contributed by atoms with E-state index in [2.05, 4.69) is 4.90 Å². The molecular weight excluding hydrogens is 363 g/mol. The van der Waals surface area contributed by atoms with Crippen molar-refractivity contribution in [1.82, 2.24) is 9.80 Å². The SMILES string of the molecule is COc1ccc(C(=O)N2CCN(Cc3cccc(F)c3)CC2)c(OC)c1OC. The van der Waals surface area contributed by atoms with E-state index in [9.17, 15) is 9.18 Å². The molecule has 3 rings (SSSR count). The van der Waals surface area contributed by atoms with Gasteiger partial charge in [-0.1, -0.05) is 12.1 Å². The zero-order valence-corrected chi connectivity index (χ0v) is 16.4. The molecule has 150 valence electrons. The van der Waals surface area contributed by atoms with Crippen LogP contribution in [0.3, 0.4) is 0 Å². The highest BCUT2D eigenvalue weighted by molar-refractivity contribution is 5.98. The molecule has 0 saturated carbocycles. The number of ether oxygens (including phenoxy) is 3. The van der Waals surface area contributed by atoms with Gasteiger partial charge in [-0.15, -0.1) is 0 Å². The van der Waals surface area contributed by atoms with E-state index in [1.54, 1.807) is 29.2 Å². The van der Waals surface area contributed by atoms with Crippen LogP contribution < -0.4 is 14.2 Å². The van der Waals surface area contributed by atoms with Crippen LogP contribution in [0.4, 0.5) is 4.39 Å². The molecule has 0 aliphatic carbocycles. The lowest BCUT2D eigenvalue weighted by Crippen LogP contribution is -2.48. The molecule has 1 aliphatic heterocycles. The van der Waals surface area contributed by atoms with Gasteiger partial charge in [0.05, 0.1) is 26.9 Å². The van der Waals surface area contributed by atoms with Crippen molar-refractivity contribution in [3.05, 3.63) is 53.3 Å². The molecule has 6 nitrogen and oxygen atoms in total. The summed E-state index contributed by atoms with van der Waals surface area (Å²) in [5.41, 5.74) is 1.38. The van der Waals surface area contributed by atoms with E-state index in [0.717, 1.165) is 18.7 Å². The number of carbonyl (C=O) groups is 1. The highest BCUT2D eigenvalue weighted by Crippen LogP contribution is 2.40. The maximum Gasteiger partial charge on any atom is 0.257 e. The van der Waals surface area contributed by atoms with E-state index < -0.39 is 0 Å². The molecule has 28 heavy (non-hydrogen) atoms. The molecule has 7 heteroatoms. The minimum Gasteiger partial charge on any atom is -0.493 e. The van der Waals surface area contributed by atoms with Crippen LogP contribution >= 0.6 is 0 Å². The van der Waals surface area contributed by atoms with Gasteiger partial charge in [-0.2, -0.15) is 0 Å². The Bertz CT molecular complexity index is 835. The monoisotopic (exact) mass is 388 g/mol. The normalized spacial score (nSPS) is 14.6. The van der Waals surface area contributed by atoms with Gasteiger partial charge in [0.25, 0.3) is 5.91 Å². The van der Waals surface area contributed by atoms with Crippen molar-refractivity contribution >= 4 is 5.91 Å². The Morgan fingerprint density at radius 2 is 1.68 bits per heavy atom. The molecular formula is C21H25FN2O4. The fraction of sp³-hybridized carbons (Fsp3) is 0.381. The van der Waals surface area contributed by atoms with Gasteiger partial charge in [0.1, 0.15) is 5.82 Å². The molecule has 0 N–H and O–H groups in total. The molecule has 1 saturated heterocycles. The van der Waals surface area contributed by atoms with Crippen LogP contribution in [0, 0.1) is 5.82 Å². The number of hydrogen-bond donors (Lipinski definition) is 0. The molecule has 1 amide bonds. The number of rotatable bonds is 6. The first-order chi connectivity index (χ1) is 13.6. The van der Waals surface area contributed by atoms with Gasteiger partial charge in [-0.25, -0.2) is 4.39 Å². The van der Waals surface area contributed by atoms with Crippen LogP contribution in [0.15, 0.2) is 36.4 Å². The highest BCUT2D eigenvalue weighted by atomic mass is 19.1. The number of halogens is 1. The Morgan fingerprint density at radius 1 is 0.964 bits per heavy atom. The van der Waals surface area contributed by atoms with Crippen LogP contribution in [-0.4, -0.2) is 63.2 Å². The minimum absolute atomic E-state index is 0.108. The third-order valence-corrected chi connectivity index (χ3v) is 4.89. The summed E-state index contributed by atoms with van der Waals surface area (Å²) in [6.45, 7) is 3.28. The van der Waals surface area contributed by atoms with Crippen LogP contribution in [0.25, 0.3) is 0 Å². The van der Waals surface area contributed by atoms with Gasteiger partial charge in [-0.3, -0.25) is 9.69 Å². The van der Waals surface area contributed by atoms with E-state index in [4.69, 9.17) is 14.2 Å². The van der Waals surface area contributed by atoms with Crippen molar-refractivity contribution in [2.24, 2.45) is 0 Å². The Morgan fingerprint density at radius 3 is 2.29 bits per heavy atom. The summed E-state index contributed by atoms with van der Waals surface area (Å²) in [4.78, 5) is 17.0. The third-order valence-electron chi connectivity index (χ3n) is 4.89. The third kappa shape index (κ3) is 4.20. The largest absolute Gasteiger partial charge is 0.493 e. The highest BCUT2D eigenvalue weighted by Gasteiger charge is 2.27. The quantitative estimate of drug-likeness (QED) is 0.762. The summed E-state index contributed by atoms with van der Waals surface area (Å²) in [6.07, 6.45) is 0. The van der Waals surface area contributed by atoms with Crippen molar-refractivity contribution in [3.8, 4) is 17.2 Å². The Hall–Kier alpha value is -2.80. The van der Waals surface area contributed by atoms with Gasteiger partial charge in [0, 0.05) is 32.7 Å². The van der Waals surface area contributed by atoms with Crippen LogP contribution in [0.1, 0.15) is 15.9 Å². The molecule has 2 aromatic carbocycles. The summed E-state index contributed by atoms with van der Waals surface area (Å²) < 4.78 is 29.4. The van der Waals surface area contributed by atoms with Crippen LogP contribution in [-0.2, 0) is 6.54 Å². The summed E-state index contributed by atoms with van der Waals surface area (Å²) in [5.74, 6) is 0.945. The lowest BCUT2D eigenvalue weighted by atomic mass is 10.1. The molecule has 0 spiro atoms. The average Bonchev–Trinajstić information content (AvgIpc) is 2.72. The predicted molar refractivity (Wildman–Crippen MR) is 104 cm³/mol. The van der Waals surface area contributed by atoms with Gasteiger partial charge in [0.15, 0.2) is 11.5 Å². The Balaban J connectivity index is 1.68. The van der Waals surface area contributed by atoms with Gasteiger partial charge in [-0.05, 0) is 29.8 Å². The minimum atomic E-state index is -0.230. The zero-order valence-electron chi connectivity index (χ0n) is 16.4. The van der Waals surface area contributed by atoms with E-state index in [1.165, 1.54) is 27.4 Å². The van der Waals surface area contributed by atoms with Crippen molar-refractivity contribution in [3.63, 3.8) is 0 Å². The molecule has 0 bridgehead atoms. The van der Waals surface area contributed by atoms with Crippen molar-refractivity contribution in [2.45, 2.75) is 6.54 Å². The van der Waals surface area contributed by atoms with Crippen molar-refractivity contribution in [2.75, 3.05) is 47.5 Å². The van der Waals surface area contributed by atoms with Crippen molar-refractivity contribution in [1.29, 1.82) is 0 Å². The second kappa shape index (κ2) is 8.93. The first kappa shape index (κ1) is 19.9. The van der Waals surface area contributed by atoms with Crippen LogP contribution in [0.2, 0.25) is 0 Å². The topological polar surface area (TPSA) is 51.2 Å². The fourth-order valence-corrected chi connectivity index (χ4v) is 3.44. The average molecular weight is 388 g/mol. The number of carbonyl (C=O) groups excluding carboxylic acids is 1.